The summed E-state index contributed by atoms with van der Waals surface area (Å²) in [6.45, 7) is 2.05. The van der Waals surface area contributed by atoms with Gasteiger partial charge in [-0.15, -0.1) is 10.2 Å². The zero-order chi connectivity index (χ0) is 22.8. The molecule has 4 heterocycles. The first-order valence-corrected chi connectivity index (χ1v) is 11.5. The van der Waals surface area contributed by atoms with Gasteiger partial charge >= 0.3 is 0 Å². The monoisotopic (exact) mass is 458 g/mol. The number of furan rings is 1. The first-order valence-electron chi connectivity index (χ1n) is 10.5. The molecule has 1 atom stereocenters. The lowest BCUT2D eigenvalue weighted by Gasteiger charge is -2.19. The van der Waals surface area contributed by atoms with E-state index < -0.39 is 0 Å². The molecule has 0 aliphatic carbocycles. The average Bonchev–Trinajstić information content (AvgIpc) is 3.59. The van der Waals surface area contributed by atoms with Crippen molar-refractivity contribution < 1.29 is 9.21 Å². The van der Waals surface area contributed by atoms with Crippen LogP contribution >= 0.6 is 11.8 Å². The van der Waals surface area contributed by atoms with E-state index in [1.54, 1.807) is 23.7 Å². The molecule has 0 spiro atoms. The highest BCUT2D eigenvalue weighted by Crippen LogP contribution is 2.34. The quantitative estimate of drug-likeness (QED) is 0.401. The molecule has 0 saturated carbocycles. The molecular weight excluding hydrogens is 436 g/mol. The van der Waals surface area contributed by atoms with Crippen molar-refractivity contribution in [3.05, 3.63) is 84.1 Å². The maximum absolute atomic E-state index is 13.2. The lowest BCUT2D eigenvalue weighted by molar-refractivity contribution is -0.130. The number of thioether (sulfide) groups is 1. The number of aryl methyl sites for hydroxylation is 1. The number of rotatable bonds is 6. The van der Waals surface area contributed by atoms with Crippen LogP contribution in [0.25, 0.3) is 11.4 Å². The van der Waals surface area contributed by atoms with E-state index in [4.69, 9.17) is 4.42 Å². The van der Waals surface area contributed by atoms with Crippen molar-refractivity contribution in [3.8, 4) is 11.4 Å². The van der Waals surface area contributed by atoms with Crippen molar-refractivity contribution in [3.63, 3.8) is 0 Å². The van der Waals surface area contributed by atoms with Crippen LogP contribution in [0.3, 0.4) is 0 Å². The summed E-state index contributed by atoms with van der Waals surface area (Å²) >= 11 is 1.33. The minimum atomic E-state index is -0.269. The van der Waals surface area contributed by atoms with Gasteiger partial charge in [-0.1, -0.05) is 41.6 Å². The van der Waals surface area contributed by atoms with Gasteiger partial charge in [0.1, 0.15) is 11.8 Å². The normalized spacial score (nSPS) is 15.6. The lowest BCUT2D eigenvalue weighted by Crippen LogP contribution is -2.28. The van der Waals surface area contributed by atoms with Crippen molar-refractivity contribution in [2.24, 2.45) is 12.1 Å². The largest absolute Gasteiger partial charge is 0.467 e. The van der Waals surface area contributed by atoms with Crippen LogP contribution in [-0.2, 0) is 11.8 Å². The van der Waals surface area contributed by atoms with Crippen LogP contribution in [0.2, 0.25) is 0 Å². The number of nitrogens with zero attached hydrogens (tertiary/aromatic N) is 6. The zero-order valence-corrected chi connectivity index (χ0v) is 19.1. The second-order valence-corrected chi connectivity index (χ2v) is 8.72. The van der Waals surface area contributed by atoms with Crippen LogP contribution in [0.4, 0.5) is 0 Å². The van der Waals surface area contributed by atoms with Gasteiger partial charge in [-0.2, -0.15) is 5.10 Å². The molecule has 5 rings (SSSR count). The predicted octanol–water partition coefficient (Wildman–Crippen LogP) is 4.25. The summed E-state index contributed by atoms with van der Waals surface area (Å²) in [4.78, 5) is 17.4. The molecule has 8 nitrogen and oxygen atoms in total. The Hall–Kier alpha value is -3.72. The van der Waals surface area contributed by atoms with E-state index in [2.05, 4.69) is 20.3 Å². The Morgan fingerprint density at radius 2 is 1.97 bits per heavy atom. The smallest absolute Gasteiger partial charge is 0.253 e. The molecule has 0 N–H and O–H groups in total. The van der Waals surface area contributed by atoms with Crippen molar-refractivity contribution in [1.29, 1.82) is 0 Å². The highest BCUT2D eigenvalue weighted by atomic mass is 32.2. The fourth-order valence-electron chi connectivity index (χ4n) is 3.74. The number of pyridine rings is 1. The predicted molar refractivity (Wildman–Crippen MR) is 126 cm³/mol. The fourth-order valence-corrected chi connectivity index (χ4v) is 4.51. The number of amides is 1. The van der Waals surface area contributed by atoms with Gasteiger partial charge in [0.2, 0.25) is 0 Å². The fraction of sp³-hybridized carbons (Fsp3) is 0.208. The number of hydrogen-bond acceptors (Lipinski definition) is 7. The third kappa shape index (κ3) is 4.31. The topological polar surface area (TPSA) is 89.4 Å². The van der Waals surface area contributed by atoms with Gasteiger partial charge in [0, 0.05) is 31.4 Å². The van der Waals surface area contributed by atoms with E-state index in [9.17, 15) is 4.79 Å². The molecule has 9 heteroatoms. The Morgan fingerprint density at radius 1 is 1.12 bits per heavy atom. The van der Waals surface area contributed by atoms with Crippen molar-refractivity contribution in [1.82, 2.24) is 24.8 Å². The minimum absolute atomic E-state index is 0.116. The number of hydrogen-bond donors (Lipinski definition) is 0. The number of hydrazone groups is 1. The molecule has 1 amide bonds. The van der Waals surface area contributed by atoms with Crippen LogP contribution in [0.15, 0.2) is 81.9 Å². The number of carbonyl (C=O) groups is 1. The molecular formula is C24H22N6O2S. The highest BCUT2D eigenvalue weighted by molar-refractivity contribution is 7.99. The zero-order valence-electron chi connectivity index (χ0n) is 18.3. The van der Waals surface area contributed by atoms with Crippen LogP contribution in [-0.4, -0.2) is 42.1 Å². The lowest BCUT2D eigenvalue weighted by atomic mass is 10.0. The highest BCUT2D eigenvalue weighted by Gasteiger charge is 2.35. The Bertz CT molecular complexity index is 1280. The SMILES string of the molecule is Cc1ccc(C2=NN(C(=O)CSc3nnc(-c4cccnc4)n3C)C(c3ccco3)C2)cc1. The van der Waals surface area contributed by atoms with Gasteiger partial charge in [-0.05, 0) is 36.8 Å². The van der Waals surface area contributed by atoms with Gasteiger partial charge in [0.25, 0.3) is 5.91 Å². The summed E-state index contributed by atoms with van der Waals surface area (Å²) in [6.07, 6.45) is 5.67. The molecule has 0 saturated heterocycles. The van der Waals surface area contributed by atoms with E-state index in [0.29, 0.717) is 17.4 Å². The molecule has 1 aliphatic heterocycles. The second kappa shape index (κ2) is 9.03. The van der Waals surface area contributed by atoms with Crippen molar-refractivity contribution in [2.75, 3.05) is 5.75 Å². The van der Waals surface area contributed by atoms with Crippen molar-refractivity contribution in [2.45, 2.75) is 24.5 Å². The Kier molecular flexibility index (Phi) is 5.78. The van der Waals surface area contributed by atoms with Gasteiger partial charge in [0.05, 0.1) is 17.7 Å². The minimum Gasteiger partial charge on any atom is -0.467 e. The molecule has 166 valence electrons. The van der Waals surface area contributed by atoms with E-state index >= 15 is 0 Å². The molecule has 4 aromatic rings. The molecule has 1 unspecified atom stereocenters. The Balaban J connectivity index is 1.35. The van der Waals surface area contributed by atoms with E-state index in [0.717, 1.165) is 22.6 Å². The van der Waals surface area contributed by atoms with Crippen molar-refractivity contribution >= 4 is 23.4 Å². The second-order valence-electron chi connectivity index (χ2n) is 7.78. The summed E-state index contributed by atoms with van der Waals surface area (Å²) < 4.78 is 7.49. The Labute approximate surface area is 195 Å². The third-order valence-electron chi connectivity index (χ3n) is 5.50. The summed E-state index contributed by atoms with van der Waals surface area (Å²) in [5, 5.41) is 15.4. The van der Waals surface area contributed by atoms with Crippen LogP contribution in [0.5, 0.6) is 0 Å². The number of aromatic nitrogens is 4. The van der Waals surface area contributed by atoms with Gasteiger partial charge < -0.3 is 8.98 Å². The van der Waals surface area contributed by atoms with Gasteiger partial charge in [0.15, 0.2) is 11.0 Å². The van der Waals surface area contributed by atoms with E-state index in [-0.39, 0.29) is 17.7 Å². The first-order chi connectivity index (χ1) is 16.1. The molecule has 33 heavy (non-hydrogen) atoms. The molecule has 1 aliphatic rings. The molecule has 0 fully saturated rings. The average molecular weight is 459 g/mol. The summed E-state index contributed by atoms with van der Waals surface area (Å²) in [7, 11) is 1.88. The molecule has 1 aromatic carbocycles. The first kappa shape index (κ1) is 21.1. The molecule has 0 radical (unpaired) electrons. The Morgan fingerprint density at radius 3 is 2.70 bits per heavy atom. The number of carbonyl (C=O) groups excluding carboxylic acids is 1. The van der Waals surface area contributed by atoms with Crippen LogP contribution in [0.1, 0.15) is 29.3 Å². The molecule has 0 bridgehead atoms. The summed E-state index contributed by atoms with van der Waals surface area (Å²) in [6, 6.07) is 15.4. The van der Waals surface area contributed by atoms with Crippen LogP contribution < -0.4 is 0 Å². The van der Waals surface area contributed by atoms with E-state index in [1.807, 2.05) is 67.1 Å². The van der Waals surface area contributed by atoms with Gasteiger partial charge in [-0.25, -0.2) is 5.01 Å². The van der Waals surface area contributed by atoms with E-state index in [1.165, 1.54) is 17.3 Å². The summed E-state index contributed by atoms with van der Waals surface area (Å²) in [5.41, 5.74) is 3.93. The third-order valence-corrected chi connectivity index (χ3v) is 6.51. The number of benzene rings is 1. The standard InChI is InChI=1S/C24H22N6O2S/c1-16-7-9-17(10-8-16)19-13-20(21-6-4-12-32-21)30(28-19)22(31)15-33-24-27-26-23(29(24)2)18-5-3-11-25-14-18/h3-12,14,20H,13,15H2,1-2H3. The maximum atomic E-state index is 13.2. The molecule has 3 aromatic heterocycles. The van der Waals surface area contributed by atoms with Crippen LogP contribution in [0, 0.1) is 6.92 Å². The summed E-state index contributed by atoms with van der Waals surface area (Å²) in [5.74, 6) is 1.49. The maximum Gasteiger partial charge on any atom is 0.253 e. The van der Waals surface area contributed by atoms with Gasteiger partial charge in [-0.3, -0.25) is 9.78 Å².